The van der Waals surface area contributed by atoms with Crippen LogP contribution in [0.25, 0.3) is 22.5 Å². The maximum Gasteiger partial charge on any atom is 0.347 e. The Labute approximate surface area is 151 Å². The summed E-state index contributed by atoms with van der Waals surface area (Å²) in [4.78, 5) is 12.8. The summed E-state index contributed by atoms with van der Waals surface area (Å²) in [5, 5.41) is 7.45. The summed E-state index contributed by atoms with van der Waals surface area (Å²) in [5.74, 6) is 0. The van der Waals surface area contributed by atoms with Crippen LogP contribution in [0.3, 0.4) is 0 Å². The van der Waals surface area contributed by atoms with Crippen molar-refractivity contribution in [3.63, 3.8) is 0 Å². The zero-order chi connectivity index (χ0) is 17.8. The Morgan fingerprint density at radius 1 is 0.731 bits per heavy atom. The number of para-hydroxylation sites is 1. The van der Waals surface area contributed by atoms with Gasteiger partial charge in [-0.15, -0.1) is 0 Å². The molecule has 0 saturated carbocycles. The van der Waals surface area contributed by atoms with Crippen LogP contribution in [0.2, 0.25) is 0 Å². The summed E-state index contributed by atoms with van der Waals surface area (Å²) in [6, 6.07) is 30.6. The average molecular weight is 339 g/mol. The molecule has 0 saturated heterocycles. The van der Waals surface area contributed by atoms with Crippen LogP contribution in [-0.4, -0.2) is 15.8 Å². The normalized spacial score (nSPS) is 10.5. The van der Waals surface area contributed by atoms with Crippen LogP contribution in [0.15, 0.2) is 97.1 Å². The van der Waals surface area contributed by atoms with Gasteiger partial charge in [-0.25, -0.2) is 4.79 Å². The first kappa shape index (κ1) is 15.8. The first-order valence-electron chi connectivity index (χ1n) is 8.38. The van der Waals surface area contributed by atoms with E-state index in [9.17, 15) is 4.79 Å². The van der Waals surface area contributed by atoms with Crippen molar-refractivity contribution in [2.45, 2.75) is 0 Å². The minimum atomic E-state index is -0.294. The maximum atomic E-state index is 12.8. The van der Waals surface area contributed by atoms with Crippen molar-refractivity contribution in [1.29, 1.82) is 0 Å². The molecule has 0 radical (unpaired) electrons. The highest BCUT2D eigenvalue weighted by Gasteiger charge is 2.16. The van der Waals surface area contributed by atoms with Gasteiger partial charge in [0.15, 0.2) is 0 Å². The quantitative estimate of drug-likeness (QED) is 0.551. The molecule has 126 valence electrons. The number of rotatable bonds is 3. The number of anilines is 1. The van der Waals surface area contributed by atoms with E-state index in [0.29, 0.717) is 0 Å². The van der Waals surface area contributed by atoms with Crippen LogP contribution in [0.4, 0.5) is 10.5 Å². The molecule has 0 aliphatic rings. The molecule has 0 fully saturated rings. The zero-order valence-electron chi connectivity index (χ0n) is 14.0. The van der Waals surface area contributed by atoms with E-state index >= 15 is 0 Å². The van der Waals surface area contributed by atoms with Gasteiger partial charge in [0.2, 0.25) is 0 Å². The molecule has 3 aromatic carbocycles. The van der Waals surface area contributed by atoms with Gasteiger partial charge in [-0.1, -0.05) is 78.9 Å². The highest BCUT2D eigenvalue weighted by atomic mass is 16.2. The fourth-order valence-corrected chi connectivity index (χ4v) is 2.80. The van der Waals surface area contributed by atoms with Gasteiger partial charge >= 0.3 is 6.03 Å². The highest BCUT2D eigenvalue weighted by Crippen LogP contribution is 2.26. The number of aromatic nitrogens is 2. The van der Waals surface area contributed by atoms with Crippen molar-refractivity contribution >= 4 is 11.7 Å². The Morgan fingerprint density at radius 3 is 1.88 bits per heavy atom. The molecule has 4 rings (SSSR count). The molecule has 26 heavy (non-hydrogen) atoms. The van der Waals surface area contributed by atoms with Gasteiger partial charge in [-0.05, 0) is 18.2 Å². The van der Waals surface area contributed by atoms with Crippen LogP contribution in [0.1, 0.15) is 0 Å². The Bertz CT molecular complexity index is 1010. The molecular weight excluding hydrogens is 322 g/mol. The van der Waals surface area contributed by atoms with Crippen LogP contribution < -0.4 is 5.32 Å². The van der Waals surface area contributed by atoms with Gasteiger partial charge in [-0.3, -0.25) is 0 Å². The average Bonchev–Trinajstić information content (AvgIpc) is 3.16. The van der Waals surface area contributed by atoms with Crippen LogP contribution in [0, 0.1) is 0 Å². The molecule has 0 aliphatic heterocycles. The number of hydrogen-bond acceptors (Lipinski definition) is 2. The van der Waals surface area contributed by atoms with Gasteiger partial charge in [0.25, 0.3) is 0 Å². The van der Waals surface area contributed by atoms with E-state index in [0.717, 1.165) is 28.2 Å². The zero-order valence-corrected chi connectivity index (χ0v) is 14.0. The lowest BCUT2D eigenvalue weighted by atomic mass is 10.1. The Balaban J connectivity index is 1.77. The standard InChI is InChI=1S/C22H17N3O/c26-22(23-19-14-8-3-9-15-19)25-21(18-12-6-2-7-13-18)16-20(24-25)17-10-4-1-5-11-17/h1-16H,(H,23,26). The van der Waals surface area contributed by atoms with E-state index in [1.165, 1.54) is 4.68 Å². The lowest BCUT2D eigenvalue weighted by Gasteiger charge is -2.08. The predicted molar refractivity (Wildman–Crippen MR) is 104 cm³/mol. The summed E-state index contributed by atoms with van der Waals surface area (Å²) < 4.78 is 1.42. The molecule has 0 bridgehead atoms. The van der Waals surface area contributed by atoms with E-state index in [-0.39, 0.29) is 6.03 Å². The number of carbonyl (C=O) groups is 1. The van der Waals surface area contributed by atoms with Gasteiger partial charge in [0.05, 0.1) is 11.4 Å². The van der Waals surface area contributed by atoms with E-state index < -0.39 is 0 Å². The maximum absolute atomic E-state index is 12.8. The smallest absolute Gasteiger partial charge is 0.306 e. The number of amides is 1. The predicted octanol–water partition coefficient (Wildman–Crippen LogP) is 5.30. The number of nitrogens with one attached hydrogen (secondary N) is 1. The van der Waals surface area contributed by atoms with E-state index in [1.54, 1.807) is 0 Å². The van der Waals surface area contributed by atoms with Gasteiger partial charge in [-0.2, -0.15) is 9.78 Å². The van der Waals surface area contributed by atoms with Gasteiger partial charge < -0.3 is 5.32 Å². The second kappa shape index (κ2) is 7.07. The summed E-state index contributed by atoms with van der Waals surface area (Å²) in [7, 11) is 0. The van der Waals surface area contributed by atoms with E-state index in [2.05, 4.69) is 10.4 Å². The monoisotopic (exact) mass is 339 g/mol. The lowest BCUT2D eigenvalue weighted by molar-refractivity contribution is 0.251. The largest absolute Gasteiger partial charge is 0.347 e. The van der Waals surface area contributed by atoms with Crippen molar-refractivity contribution in [1.82, 2.24) is 9.78 Å². The van der Waals surface area contributed by atoms with Crippen LogP contribution >= 0.6 is 0 Å². The summed E-state index contributed by atoms with van der Waals surface area (Å²) in [6.45, 7) is 0. The highest BCUT2D eigenvalue weighted by molar-refractivity contribution is 5.94. The number of benzene rings is 3. The summed E-state index contributed by atoms with van der Waals surface area (Å²) in [6.07, 6.45) is 0. The first-order valence-corrected chi connectivity index (χ1v) is 8.38. The summed E-state index contributed by atoms with van der Waals surface area (Å²) >= 11 is 0. The fourth-order valence-electron chi connectivity index (χ4n) is 2.80. The number of nitrogens with zero attached hydrogens (tertiary/aromatic N) is 2. The SMILES string of the molecule is O=C(Nc1ccccc1)n1nc(-c2ccccc2)cc1-c1ccccc1. The number of hydrogen-bond donors (Lipinski definition) is 1. The molecule has 1 heterocycles. The topological polar surface area (TPSA) is 46.9 Å². The van der Waals surface area contributed by atoms with Crippen molar-refractivity contribution in [2.24, 2.45) is 0 Å². The second-order valence-electron chi connectivity index (χ2n) is 5.85. The molecular formula is C22H17N3O. The molecule has 4 heteroatoms. The third-order valence-electron chi connectivity index (χ3n) is 4.07. The molecule has 0 unspecified atom stereocenters. The minimum Gasteiger partial charge on any atom is -0.306 e. The Hall–Kier alpha value is -3.66. The molecule has 0 aliphatic carbocycles. The third kappa shape index (κ3) is 3.26. The van der Waals surface area contributed by atoms with E-state index in [4.69, 9.17) is 0 Å². The lowest BCUT2D eigenvalue weighted by Crippen LogP contribution is -2.21. The van der Waals surface area contributed by atoms with Crippen molar-refractivity contribution in [3.05, 3.63) is 97.1 Å². The molecule has 1 amide bonds. The molecule has 0 atom stereocenters. The van der Waals surface area contributed by atoms with Crippen molar-refractivity contribution in [2.75, 3.05) is 5.32 Å². The van der Waals surface area contributed by atoms with Gasteiger partial charge in [0, 0.05) is 16.8 Å². The van der Waals surface area contributed by atoms with Crippen molar-refractivity contribution in [3.8, 4) is 22.5 Å². The minimum absolute atomic E-state index is 0.294. The Morgan fingerprint density at radius 2 is 1.27 bits per heavy atom. The fraction of sp³-hybridized carbons (Fsp3) is 0. The second-order valence-corrected chi connectivity index (χ2v) is 5.85. The molecule has 4 aromatic rings. The van der Waals surface area contributed by atoms with E-state index in [1.807, 2.05) is 97.1 Å². The Kier molecular flexibility index (Phi) is 4.31. The van der Waals surface area contributed by atoms with Crippen LogP contribution in [0.5, 0.6) is 0 Å². The molecule has 1 N–H and O–H groups in total. The van der Waals surface area contributed by atoms with Crippen LogP contribution in [-0.2, 0) is 0 Å². The first-order chi connectivity index (χ1) is 12.8. The van der Waals surface area contributed by atoms with Gasteiger partial charge in [0.1, 0.15) is 0 Å². The third-order valence-corrected chi connectivity index (χ3v) is 4.07. The molecule has 0 spiro atoms. The number of carbonyl (C=O) groups excluding carboxylic acids is 1. The summed E-state index contributed by atoms with van der Waals surface area (Å²) in [5.41, 5.74) is 4.14. The molecule has 4 nitrogen and oxygen atoms in total. The van der Waals surface area contributed by atoms with Crippen molar-refractivity contribution < 1.29 is 4.79 Å². The molecule has 1 aromatic heterocycles.